The van der Waals surface area contributed by atoms with Crippen LogP contribution in [-0.2, 0) is 14.8 Å². The number of amides is 1. The number of carbonyl (C=O) groups excluding carboxylic acids is 1. The molecule has 1 saturated heterocycles. The van der Waals surface area contributed by atoms with Crippen LogP contribution >= 0.6 is 15.9 Å². The van der Waals surface area contributed by atoms with Gasteiger partial charge < -0.3 is 0 Å². The Hall–Kier alpha value is -0.880. The highest BCUT2D eigenvalue weighted by atomic mass is 79.9. The SMILES string of the molecule is Cc1ccc(S(=O)(=O)N2CC(C(C)C)CC2=O)c(Br)c1. The molecule has 0 aliphatic carbocycles. The van der Waals surface area contributed by atoms with E-state index in [4.69, 9.17) is 0 Å². The summed E-state index contributed by atoms with van der Waals surface area (Å²) in [5.41, 5.74) is 0.962. The number of sulfonamides is 1. The molecule has 0 saturated carbocycles. The molecule has 0 radical (unpaired) electrons. The molecule has 2 rings (SSSR count). The van der Waals surface area contributed by atoms with Gasteiger partial charge in [-0.2, -0.15) is 0 Å². The van der Waals surface area contributed by atoms with Gasteiger partial charge in [-0.15, -0.1) is 0 Å². The minimum Gasteiger partial charge on any atom is -0.274 e. The van der Waals surface area contributed by atoms with Crippen molar-refractivity contribution < 1.29 is 13.2 Å². The van der Waals surface area contributed by atoms with Crippen LogP contribution in [0.1, 0.15) is 25.8 Å². The average Bonchev–Trinajstić information content (AvgIpc) is 2.71. The number of hydrogen-bond acceptors (Lipinski definition) is 3. The van der Waals surface area contributed by atoms with Gasteiger partial charge in [0.25, 0.3) is 10.0 Å². The van der Waals surface area contributed by atoms with Gasteiger partial charge in [0.1, 0.15) is 4.90 Å². The monoisotopic (exact) mass is 359 g/mol. The van der Waals surface area contributed by atoms with E-state index in [1.807, 2.05) is 20.8 Å². The number of carbonyl (C=O) groups is 1. The topological polar surface area (TPSA) is 54.5 Å². The maximum atomic E-state index is 12.6. The van der Waals surface area contributed by atoms with Crippen molar-refractivity contribution in [3.63, 3.8) is 0 Å². The van der Waals surface area contributed by atoms with Gasteiger partial charge in [-0.05, 0) is 52.4 Å². The summed E-state index contributed by atoms with van der Waals surface area (Å²) in [6.45, 7) is 6.18. The van der Waals surface area contributed by atoms with Crippen molar-refractivity contribution in [2.75, 3.05) is 6.54 Å². The Morgan fingerprint density at radius 3 is 2.50 bits per heavy atom. The van der Waals surface area contributed by atoms with Crippen LogP contribution in [0, 0.1) is 18.8 Å². The lowest BCUT2D eigenvalue weighted by Gasteiger charge is -2.19. The van der Waals surface area contributed by atoms with Gasteiger partial charge in [0.15, 0.2) is 0 Å². The van der Waals surface area contributed by atoms with Crippen LogP contribution in [0.4, 0.5) is 0 Å². The van der Waals surface area contributed by atoms with Crippen LogP contribution in [0.2, 0.25) is 0 Å². The first kappa shape index (κ1) is 15.5. The Morgan fingerprint density at radius 2 is 2.00 bits per heavy atom. The maximum Gasteiger partial charge on any atom is 0.267 e. The van der Waals surface area contributed by atoms with Gasteiger partial charge in [0, 0.05) is 17.4 Å². The molecule has 20 heavy (non-hydrogen) atoms. The standard InChI is InChI=1S/C14H18BrNO3S/c1-9(2)11-7-14(17)16(8-11)20(18,19)13-5-4-10(3)6-12(13)15/h4-6,9,11H,7-8H2,1-3H3. The Balaban J connectivity index is 2.38. The highest BCUT2D eigenvalue weighted by molar-refractivity contribution is 9.10. The van der Waals surface area contributed by atoms with Crippen molar-refractivity contribution >= 4 is 31.9 Å². The van der Waals surface area contributed by atoms with Crippen LogP contribution in [0.5, 0.6) is 0 Å². The van der Waals surface area contributed by atoms with E-state index >= 15 is 0 Å². The van der Waals surface area contributed by atoms with Crippen molar-refractivity contribution in [1.29, 1.82) is 0 Å². The average molecular weight is 360 g/mol. The smallest absolute Gasteiger partial charge is 0.267 e. The molecule has 1 unspecified atom stereocenters. The fourth-order valence-corrected chi connectivity index (χ4v) is 4.94. The van der Waals surface area contributed by atoms with E-state index < -0.39 is 10.0 Å². The predicted molar refractivity (Wildman–Crippen MR) is 80.7 cm³/mol. The molecule has 1 atom stereocenters. The summed E-state index contributed by atoms with van der Waals surface area (Å²) in [5, 5.41) is 0. The van der Waals surface area contributed by atoms with E-state index in [1.165, 1.54) is 0 Å². The lowest BCUT2D eigenvalue weighted by atomic mass is 9.95. The zero-order valence-electron chi connectivity index (χ0n) is 11.8. The molecule has 4 nitrogen and oxygen atoms in total. The molecule has 1 aliphatic rings. The highest BCUT2D eigenvalue weighted by Gasteiger charge is 2.39. The molecular formula is C14H18BrNO3S. The van der Waals surface area contributed by atoms with Gasteiger partial charge in [0.2, 0.25) is 5.91 Å². The van der Waals surface area contributed by atoms with E-state index in [1.54, 1.807) is 18.2 Å². The third-order valence-corrected chi connectivity index (χ3v) is 6.48. The van der Waals surface area contributed by atoms with Crippen LogP contribution in [-0.4, -0.2) is 25.2 Å². The molecule has 0 N–H and O–H groups in total. The number of hydrogen-bond donors (Lipinski definition) is 0. The van der Waals surface area contributed by atoms with E-state index in [2.05, 4.69) is 15.9 Å². The molecule has 1 amide bonds. The molecule has 0 bridgehead atoms. The van der Waals surface area contributed by atoms with E-state index in [9.17, 15) is 13.2 Å². The number of benzene rings is 1. The van der Waals surface area contributed by atoms with Crippen molar-refractivity contribution in [1.82, 2.24) is 4.31 Å². The van der Waals surface area contributed by atoms with Crippen molar-refractivity contribution in [2.24, 2.45) is 11.8 Å². The molecule has 1 fully saturated rings. The second kappa shape index (κ2) is 5.48. The summed E-state index contributed by atoms with van der Waals surface area (Å²) in [6, 6.07) is 5.02. The molecule has 1 aliphatic heterocycles. The third kappa shape index (κ3) is 2.76. The Morgan fingerprint density at radius 1 is 1.35 bits per heavy atom. The number of halogens is 1. The number of aryl methyl sites for hydroxylation is 1. The zero-order valence-corrected chi connectivity index (χ0v) is 14.2. The second-order valence-corrected chi connectivity index (χ2v) is 8.26. The molecule has 110 valence electrons. The van der Waals surface area contributed by atoms with Crippen LogP contribution < -0.4 is 0 Å². The summed E-state index contributed by atoms with van der Waals surface area (Å²) < 4.78 is 26.8. The molecule has 1 aromatic rings. The third-order valence-electron chi connectivity index (χ3n) is 3.71. The summed E-state index contributed by atoms with van der Waals surface area (Å²) >= 11 is 3.28. The summed E-state index contributed by atoms with van der Waals surface area (Å²) in [4.78, 5) is 12.2. The second-order valence-electron chi connectivity index (χ2n) is 5.57. The Kier molecular flexibility index (Phi) is 4.25. The normalized spacial score (nSPS) is 19.9. The summed E-state index contributed by atoms with van der Waals surface area (Å²) in [6.07, 6.45) is 0.306. The van der Waals surface area contributed by atoms with Gasteiger partial charge in [-0.3, -0.25) is 4.79 Å². The van der Waals surface area contributed by atoms with Crippen molar-refractivity contribution in [3.05, 3.63) is 28.2 Å². The molecule has 0 aromatic heterocycles. The van der Waals surface area contributed by atoms with Gasteiger partial charge in [-0.1, -0.05) is 19.9 Å². The lowest BCUT2D eigenvalue weighted by Crippen LogP contribution is -2.33. The maximum absolute atomic E-state index is 12.6. The number of rotatable bonds is 3. The fourth-order valence-electron chi connectivity index (χ4n) is 2.32. The van der Waals surface area contributed by atoms with Gasteiger partial charge in [0.05, 0.1) is 0 Å². The first-order valence-electron chi connectivity index (χ1n) is 6.55. The van der Waals surface area contributed by atoms with Crippen molar-refractivity contribution in [2.45, 2.75) is 32.1 Å². The Bertz CT molecular complexity index is 640. The fraction of sp³-hybridized carbons (Fsp3) is 0.500. The minimum absolute atomic E-state index is 0.0986. The van der Waals surface area contributed by atoms with Crippen molar-refractivity contribution in [3.8, 4) is 0 Å². The predicted octanol–water partition coefficient (Wildman–Crippen LogP) is 2.95. The molecule has 0 spiro atoms. The van der Waals surface area contributed by atoms with Crippen LogP contribution in [0.15, 0.2) is 27.6 Å². The van der Waals surface area contributed by atoms with Crippen LogP contribution in [0.3, 0.4) is 0 Å². The molecular weight excluding hydrogens is 342 g/mol. The lowest BCUT2D eigenvalue weighted by molar-refractivity contribution is -0.123. The molecule has 1 heterocycles. The summed E-state index contributed by atoms with van der Waals surface area (Å²) in [7, 11) is -3.76. The summed E-state index contributed by atoms with van der Waals surface area (Å²) in [5.74, 6) is 0.0817. The number of nitrogens with zero attached hydrogens (tertiary/aromatic N) is 1. The first-order valence-corrected chi connectivity index (χ1v) is 8.78. The van der Waals surface area contributed by atoms with Gasteiger partial charge in [-0.25, -0.2) is 12.7 Å². The minimum atomic E-state index is -3.76. The molecule has 1 aromatic carbocycles. The van der Waals surface area contributed by atoms with E-state index in [0.29, 0.717) is 16.8 Å². The van der Waals surface area contributed by atoms with Gasteiger partial charge >= 0.3 is 0 Å². The quantitative estimate of drug-likeness (QED) is 0.833. The first-order chi connectivity index (χ1) is 9.23. The largest absolute Gasteiger partial charge is 0.274 e. The molecule has 6 heteroatoms. The highest BCUT2D eigenvalue weighted by Crippen LogP contribution is 2.32. The zero-order chi connectivity index (χ0) is 15.1. The Labute approximate surface area is 128 Å². The van der Waals surface area contributed by atoms with Crippen LogP contribution in [0.25, 0.3) is 0 Å². The van der Waals surface area contributed by atoms with E-state index in [0.717, 1.165) is 9.87 Å². The van der Waals surface area contributed by atoms with E-state index in [-0.39, 0.29) is 23.3 Å².